The highest BCUT2D eigenvalue weighted by molar-refractivity contribution is 9.10. The molecule has 8 heteroatoms. The van der Waals surface area contributed by atoms with Crippen LogP contribution >= 0.6 is 27.5 Å². The first kappa shape index (κ1) is 21.8. The normalized spacial score (nSPS) is 10.5. The van der Waals surface area contributed by atoms with Crippen molar-refractivity contribution in [1.29, 1.82) is 0 Å². The van der Waals surface area contributed by atoms with E-state index in [9.17, 15) is 14.4 Å². The fraction of sp³-hybridized carbons (Fsp3) is 0.136. The van der Waals surface area contributed by atoms with Gasteiger partial charge in [0.2, 0.25) is 0 Å². The number of aldehydes is 1. The lowest BCUT2D eigenvalue weighted by molar-refractivity contribution is -0.119. The molecular formula is C22H17BrClNO5. The third-order valence-electron chi connectivity index (χ3n) is 4.54. The molecule has 0 radical (unpaired) electrons. The van der Waals surface area contributed by atoms with E-state index >= 15 is 0 Å². The highest BCUT2D eigenvalue weighted by Gasteiger charge is 2.17. The minimum atomic E-state index is -0.747. The van der Waals surface area contributed by atoms with Crippen LogP contribution in [-0.4, -0.2) is 24.8 Å². The average Bonchev–Trinajstić information content (AvgIpc) is 3.22. The number of furan rings is 1. The quantitative estimate of drug-likeness (QED) is 0.360. The number of hydrogen-bond acceptors (Lipinski definition) is 5. The molecule has 0 unspecified atom stereocenters. The highest BCUT2D eigenvalue weighted by Crippen LogP contribution is 2.28. The molecule has 1 heterocycles. The predicted octanol–water partition coefficient (Wildman–Crippen LogP) is 5.59. The van der Waals surface area contributed by atoms with Crippen LogP contribution in [0.15, 0.2) is 51.4 Å². The molecule has 0 bridgehead atoms. The number of hydrogen-bond donors (Lipinski definition) is 1. The van der Waals surface area contributed by atoms with Crippen molar-refractivity contribution >= 4 is 51.4 Å². The Bertz CT molecular complexity index is 1140. The smallest absolute Gasteiger partial charge is 0.340 e. The van der Waals surface area contributed by atoms with E-state index in [0.717, 1.165) is 15.6 Å². The topological polar surface area (TPSA) is 85.6 Å². The lowest BCUT2D eigenvalue weighted by Crippen LogP contribution is -2.21. The Morgan fingerprint density at radius 3 is 2.60 bits per heavy atom. The van der Waals surface area contributed by atoms with E-state index in [1.54, 1.807) is 18.2 Å². The summed E-state index contributed by atoms with van der Waals surface area (Å²) >= 11 is 9.55. The van der Waals surface area contributed by atoms with Gasteiger partial charge in [0, 0.05) is 15.7 Å². The molecular weight excluding hydrogens is 474 g/mol. The highest BCUT2D eigenvalue weighted by atomic mass is 79.9. The van der Waals surface area contributed by atoms with Gasteiger partial charge in [-0.3, -0.25) is 9.59 Å². The van der Waals surface area contributed by atoms with E-state index in [4.69, 9.17) is 20.8 Å². The van der Waals surface area contributed by atoms with Crippen molar-refractivity contribution in [2.24, 2.45) is 0 Å². The third-order valence-corrected chi connectivity index (χ3v) is 5.73. The molecule has 0 spiro atoms. The van der Waals surface area contributed by atoms with Gasteiger partial charge in [-0.1, -0.05) is 27.5 Å². The van der Waals surface area contributed by atoms with Crippen LogP contribution in [0.5, 0.6) is 0 Å². The molecule has 6 nitrogen and oxygen atoms in total. The summed E-state index contributed by atoms with van der Waals surface area (Å²) in [6.07, 6.45) is 0.585. The minimum absolute atomic E-state index is 0.0849. The molecule has 0 saturated carbocycles. The predicted molar refractivity (Wildman–Crippen MR) is 117 cm³/mol. The van der Waals surface area contributed by atoms with Crippen molar-refractivity contribution in [3.05, 3.63) is 74.4 Å². The number of anilines is 1. The van der Waals surface area contributed by atoms with Crippen LogP contribution in [0.3, 0.4) is 0 Å². The van der Waals surface area contributed by atoms with E-state index < -0.39 is 18.5 Å². The summed E-state index contributed by atoms with van der Waals surface area (Å²) in [6, 6.07) is 11.4. The van der Waals surface area contributed by atoms with E-state index in [2.05, 4.69) is 21.2 Å². The fourth-order valence-corrected chi connectivity index (χ4v) is 3.35. The molecule has 3 rings (SSSR count). The Morgan fingerprint density at radius 1 is 1.13 bits per heavy atom. The molecule has 0 saturated heterocycles. The molecule has 1 amide bonds. The van der Waals surface area contributed by atoms with Crippen LogP contribution < -0.4 is 5.32 Å². The molecule has 0 aliphatic rings. The average molecular weight is 491 g/mol. The van der Waals surface area contributed by atoms with Crippen LogP contribution in [0.4, 0.5) is 5.69 Å². The first-order chi connectivity index (χ1) is 14.3. The van der Waals surface area contributed by atoms with Gasteiger partial charge in [0.05, 0.1) is 10.6 Å². The summed E-state index contributed by atoms with van der Waals surface area (Å²) in [4.78, 5) is 35.5. The van der Waals surface area contributed by atoms with Crippen LogP contribution in [0.1, 0.15) is 32.0 Å². The van der Waals surface area contributed by atoms with Gasteiger partial charge in [-0.2, -0.15) is 0 Å². The number of nitrogens with one attached hydrogen (secondary N) is 1. The lowest BCUT2D eigenvalue weighted by atomic mass is 10.1. The molecule has 3 aromatic rings. The summed E-state index contributed by atoms with van der Waals surface area (Å²) in [5, 5.41) is 2.90. The van der Waals surface area contributed by atoms with Crippen molar-refractivity contribution in [2.75, 3.05) is 11.9 Å². The van der Waals surface area contributed by atoms with Gasteiger partial charge in [-0.15, -0.1) is 0 Å². The maximum Gasteiger partial charge on any atom is 0.340 e. The monoisotopic (exact) mass is 489 g/mol. The Morgan fingerprint density at radius 2 is 1.90 bits per heavy atom. The zero-order valence-corrected chi connectivity index (χ0v) is 18.5. The van der Waals surface area contributed by atoms with Gasteiger partial charge in [-0.25, -0.2) is 4.79 Å². The standard InChI is InChI=1S/C22H17BrClNO5/c1-12-13(2)19(7-5-17(12)23)25-21(27)11-29-22(28)16-9-14(3-6-18(16)24)20-8-4-15(10-26)30-20/h3-10H,11H2,1-2H3,(H,25,27). The molecule has 1 aromatic heterocycles. The summed E-state index contributed by atoms with van der Waals surface area (Å²) in [6.45, 7) is 3.35. The maximum atomic E-state index is 12.5. The second kappa shape index (κ2) is 9.28. The van der Waals surface area contributed by atoms with E-state index in [1.807, 2.05) is 19.9 Å². The van der Waals surface area contributed by atoms with Crippen molar-refractivity contribution in [1.82, 2.24) is 0 Å². The van der Waals surface area contributed by atoms with Crippen LogP contribution in [-0.2, 0) is 9.53 Å². The Kier molecular flexibility index (Phi) is 6.74. The number of carbonyl (C=O) groups is 3. The SMILES string of the molecule is Cc1c(Br)ccc(NC(=O)COC(=O)c2cc(-c3ccc(C=O)o3)ccc2Cl)c1C. The van der Waals surface area contributed by atoms with Gasteiger partial charge in [0.15, 0.2) is 18.7 Å². The number of halogens is 2. The molecule has 0 aliphatic carbocycles. The van der Waals surface area contributed by atoms with Gasteiger partial charge >= 0.3 is 5.97 Å². The van der Waals surface area contributed by atoms with E-state index in [1.165, 1.54) is 18.2 Å². The number of esters is 1. The minimum Gasteiger partial charge on any atom is -0.453 e. The van der Waals surface area contributed by atoms with Gasteiger partial charge in [-0.05, 0) is 67.4 Å². The molecule has 30 heavy (non-hydrogen) atoms. The summed E-state index contributed by atoms with van der Waals surface area (Å²) < 4.78 is 11.4. The molecule has 154 valence electrons. The van der Waals surface area contributed by atoms with Gasteiger partial charge in [0.25, 0.3) is 5.91 Å². The lowest BCUT2D eigenvalue weighted by Gasteiger charge is -2.12. The number of ether oxygens (including phenoxy) is 1. The molecule has 2 aromatic carbocycles. The summed E-state index contributed by atoms with van der Waals surface area (Å²) in [5.41, 5.74) is 3.18. The fourth-order valence-electron chi connectivity index (χ4n) is 2.72. The Hall–Kier alpha value is -2.90. The summed E-state index contributed by atoms with van der Waals surface area (Å²) in [7, 11) is 0. The van der Waals surface area contributed by atoms with Crippen LogP contribution in [0.2, 0.25) is 5.02 Å². The first-order valence-corrected chi connectivity index (χ1v) is 10.0. The van der Waals surface area contributed by atoms with Crippen molar-refractivity contribution in [3.8, 4) is 11.3 Å². The van der Waals surface area contributed by atoms with Gasteiger partial charge < -0.3 is 14.5 Å². The number of rotatable bonds is 6. The van der Waals surface area contributed by atoms with Crippen LogP contribution in [0.25, 0.3) is 11.3 Å². The molecule has 0 aliphatic heterocycles. The number of carbonyl (C=O) groups excluding carboxylic acids is 3. The zero-order chi connectivity index (χ0) is 21.8. The van der Waals surface area contributed by atoms with E-state index in [-0.39, 0.29) is 16.3 Å². The second-order valence-electron chi connectivity index (χ2n) is 6.48. The molecule has 1 N–H and O–H groups in total. The van der Waals surface area contributed by atoms with Crippen molar-refractivity contribution in [3.63, 3.8) is 0 Å². The summed E-state index contributed by atoms with van der Waals surface area (Å²) in [5.74, 6) is -0.647. The maximum absolute atomic E-state index is 12.5. The van der Waals surface area contributed by atoms with Crippen molar-refractivity contribution < 1.29 is 23.5 Å². The molecule has 0 fully saturated rings. The number of benzene rings is 2. The first-order valence-electron chi connectivity index (χ1n) is 8.87. The Balaban J connectivity index is 1.68. The van der Waals surface area contributed by atoms with Gasteiger partial charge in [0.1, 0.15) is 5.76 Å². The Labute approximate surface area is 186 Å². The largest absolute Gasteiger partial charge is 0.453 e. The second-order valence-corrected chi connectivity index (χ2v) is 7.75. The zero-order valence-electron chi connectivity index (χ0n) is 16.1. The number of amides is 1. The van der Waals surface area contributed by atoms with Crippen LogP contribution in [0, 0.1) is 13.8 Å². The third kappa shape index (κ3) is 4.80. The van der Waals surface area contributed by atoms with Crippen molar-refractivity contribution in [2.45, 2.75) is 13.8 Å². The molecule has 0 atom stereocenters. The van der Waals surface area contributed by atoms with E-state index in [0.29, 0.717) is 23.3 Å².